The number of hydrogen-bond donors (Lipinski definition) is 1. The molecule has 0 amide bonds. The van der Waals surface area contributed by atoms with Crippen molar-refractivity contribution in [1.82, 2.24) is 0 Å². The Morgan fingerprint density at radius 2 is 2.24 bits per heavy atom. The minimum absolute atomic E-state index is 0.0268. The SMILES string of the molecule is Cc1cc(F)c(C(CC(=O)O)C2CC2)cc1Cl. The summed E-state index contributed by atoms with van der Waals surface area (Å²) in [6.07, 6.45) is 1.92. The lowest BCUT2D eigenvalue weighted by Gasteiger charge is -2.16. The zero-order valence-corrected chi connectivity index (χ0v) is 10.3. The second-order valence-electron chi connectivity index (χ2n) is 4.66. The number of aryl methyl sites for hydroxylation is 1. The van der Waals surface area contributed by atoms with Crippen molar-refractivity contribution in [2.75, 3.05) is 0 Å². The van der Waals surface area contributed by atoms with Crippen LogP contribution in [0.1, 0.15) is 36.3 Å². The standard InChI is InChI=1S/C13H14ClFO2/c1-7-4-12(15)10(5-11(7)14)9(6-13(16)17)8-2-3-8/h4-5,8-9H,2-3,6H2,1H3,(H,16,17). The molecule has 1 aliphatic carbocycles. The molecule has 0 bridgehead atoms. The Balaban J connectivity index is 2.35. The molecule has 1 aromatic rings. The predicted molar refractivity (Wildman–Crippen MR) is 63.9 cm³/mol. The van der Waals surface area contributed by atoms with Gasteiger partial charge in [-0.25, -0.2) is 4.39 Å². The lowest BCUT2D eigenvalue weighted by Crippen LogP contribution is -2.10. The van der Waals surface area contributed by atoms with Gasteiger partial charge in [0.2, 0.25) is 0 Å². The molecule has 0 aliphatic heterocycles. The largest absolute Gasteiger partial charge is 0.481 e. The molecular weight excluding hydrogens is 243 g/mol. The van der Waals surface area contributed by atoms with Gasteiger partial charge in [0.05, 0.1) is 6.42 Å². The maximum absolute atomic E-state index is 13.9. The highest BCUT2D eigenvalue weighted by Crippen LogP contribution is 2.45. The highest BCUT2D eigenvalue weighted by atomic mass is 35.5. The van der Waals surface area contributed by atoms with Crippen molar-refractivity contribution in [3.8, 4) is 0 Å². The molecule has 4 heteroatoms. The van der Waals surface area contributed by atoms with Crippen molar-refractivity contribution in [2.24, 2.45) is 5.92 Å². The topological polar surface area (TPSA) is 37.3 Å². The third-order valence-corrected chi connectivity index (χ3v) is 3.67. The van der Waals surface area contributed by atoms with Gasteiger partial charge in [0.25, 0.3) is 0 Å². The summed E-state index contributed by atoms with van der Waals surface area (Å²) in [4.78, 5) is 10.8. The maximum atomic E-state index is 13.9. The zero-order valence-electron chi connectivity index (χ0n) is 9.54. The first-order chi connectivity index (χ1) is 7.99. The molecule has 92 valence electrons. The van der Waals surface area contributed by atoms with Gasteiger partial charge in [-0.15, -0.1) is 0 Å². The highest BCUT2D eigenvalue weighted by molar-refractivity contribution is 6.31. The summed E-state index contributed by atoms with van der Waals surface area (Å²) in [6, 6.07) is 2.97. The average molecular weight is 257 g/mol. The zero-order chi connectivity index (χ0) is 12.6. The van der Waals surface area contributed by atoms with E-state index in [1.54, 1.807) is 13.0 Å². The van der Waals surface area contributed by atoms with E-state index in [0.717, 1.165) is 12.8 Å². The van der Waals surface area contributed by atoms with Crippen LogP contribution < -0.4 is 0 Å². The molecule has 1 N–H and O–H groups in total. The van der Waals surface area contributed by atoms with Gasteiger partial charge in [0, 0.05) is 10.9 Å². The summed E-state index contributed by atoms with van der Waals surface area (Å²) in [5.41, 5.74) is 1.13. The molecule has 1 unspecified atom stereocenters. The van der Waals surface area contributed by atoms with Gasteiger partial charge in [0.1, 0.15) is 5.82 Å². The van der Waals surface area contributed by atoms with Crippen LogP contribution in [0.3, 0.4) is 0 Å². The van der Waals surface area contributed by atoms with Crippen molar-refractivity contribution in [3.05, 3.63) is 34.1 Å². The fraction of sp³-hybridized carbons (Fsp3) is 0.462. The van der Waals surface area contributed by atoms with Crippen LogP contribution in [0.15, 0.2) is 12.1 Å². The second-order valence-corrected chi connectivity index (χ2v) is 5.07. The van der Waals surface area contributed by atoms with E-state index < -0.39 is 5.97 Å². The predicted octanol–water partition coefficient (Wildman–Crippen LogP) is 3.76. The summed E-state index contributed by atoms with van der Waals surface area (Å²) in [5, 5.41) is 9.38. The molecule has 17 heavy (non-hydrogen) atoms. The fourth-order valence-corrected chi connectivity index (χ4v) is 2.34. The molecule has 0 aromatic heterocycles. The Bertz CT molecular complexity index is 455. The number of benzene rings is 1. The van der Waals surface area contributed by atoms with Gasteiger partial charge < -0.3 is 5.11 Å². The summed E-state index contributed by atoms with van der Waals surface area (Å²) >= 11 is 5.98. The summed E-state index contributed by atoms with van der Waals surface area (Å²) in [7, 11) is 0. The number of carboxylic acid groups (broad SMARTS) is 1. The van der Waals surface area contributed by atoms with E-state index in [1.807, 2.05) is 0 Å². The van der Waals surface area contributed by atoms with Crippen LogP contribution in [0, 0.1) is 18.7 Å². The smallest absolute Gasteiger partial charge is 0.303 e. The Morgan fingerprint density at radius 1 is 1.59 bits per heavy atom. The van der Waals surface area contributed by atoms with E-state index in [0.29, 0.717) is 22.1 Å². The number of hydrogen-bond acceptors (Lipinski definition) is 1. The maximum Gasteiger partial charge on any atom is 0.303 e. The Kier molecular flexibility index (Phi) is 3.38. The highest BCUT2D eigenvalue weighted by Gasteiger charge is 2.35. The van der Waals surface area contributed by atoms with Crippen molar-refractivity contribution in [2.45, 2.75) is 32.1 Å². The van der Waals surface area contributed by atoms with Crippen molar-refractivity contribution in [1.29, 1.82) is 0 Å². The van der Waals surface area contributed by atoms with Crippen LogP contribution in [0.25, 0.3) is 0 Å². The molecule has 1 saturated carbocycles. The number of halogens is 2. The first kappa shape index (κ1) is 12.4. The van der Waals surface area contributed by atoms with Crippen LogP contribution in [0.2, 0.25) is 5.02 Å². The second kappa shape index (κ2) is 4.65. The monoisotopic (exact) mass is 256 g/mol. The molecule has 1 atom stereocenters. The first-order valence-electron chi connectivity index (χ1n) is 5.66. The summed E-state index contributed by atoms with van der Waals surface area (Å²) < 4.78 is 13.9. The Morgan fingerprint density at radius 3 is 2.76 bits per heavy atom. The van der Waals surface area contributed by atoms with Gasteiger partial charge in [-0.1, -0.05) is 11.6 Å². The lowest BCUT2D eigenvalue weighted by molar-refractivity contribution is -0.137. The number of carbonyl (C=O) groups is 1. The third kappa shape index (κ3) is 2.78. The summed E-state index contributed by atoms with van der Waals surface area (Å²) in [5.74, 6) is -1.19. The molecule has 0 radical (unpaired) electrons. The molecule has 0 spiro atoms. The Hall–Kier alpha value is -1.09. The van der Waals surface area contributed by atoms with E-state index in [2.05, 4.69) is 0 Å². The van der Waals surface area contributed by atoms with Crippen LogP contribution in [0.4, 0.5) is 4.39 Å². The molecule has 0 heterocycles. The van der Waals surface area contributed by atoms with E-state index in [-0.39, 0.29) is 18.2 Å². The van der Waals surface area contributed by atoms with Crippen molar-refractivity contribution >= 4 is 17.6 Å². The minimum Gasteiger partial charge on any atom is -0.481 e. The average Bonchev–Trinajstić information content (AvgIpc) is 3.04. The lowest BCUT2D eigenvalue weighted by atomic mass is 9.90. The van der Waals surface area contributed by atoms with Crippen molar-refractivity contribution in [3.63, 3.8) is 0 Å². The van der Waals surface area contributed by atoms with E-state index in [9.17, 15) is 9.18 Å². The molecule has 1 aliphatic rings. The van der Waals surface area contributed by atoms with Gasteiger partial charge in [-0.3, -0.25) is 4.79 Å². The normalized spacial score (nSPS) is 16.9. The van der Waals surface area contributed by atoms with Gasteiger partial charge in [0.15, 0.2) is 0 Å². The number of aliphatic carboxylic acids is 1. The van der Waals surface area contributed by atoms with Crippen LogP contribution in [-0.4, -0.2) is 11.1 Å². The quantitative estimate of drug-likeness (QED) is 0.891. The Labute approximate surface area is 104 Å². The van der Waals surface area contributed by atoms with E-state index in [1.165, 1.54) is 6.07 Å². The van der Waals surface area contributed by atoms with E-state index in [4.69, 9.17) is 16.7 Å². The molecule has 0 saturated heterocycles. The molecule has 2 nitrogen and oxygen atoms in total. The fourth-order valence-electron chi connectivity index (χ4n) is 2.16. The molecule has 2 rings (SSSR count). The van der Waals surface area contributed by atoms with Crippen LogP contribution in [0.5, 0.6) is 0 Å². The summed E-state index contributed by atoms with van der Waals surface area (Å²) in [6.45, 7) is 1.73. The van der Waals surface area contributed by atoms with Gasteiger partial charge in [-0.2, -0.15) is 0 Å². The minimum atomic E-state index is -0.891. The molecule has 1 fully saturated rings. The molecular formula is C13H14ClFO2. The third-order valence-electron chi connectivity index (χ3n) is 3.26. The number of rotatable bonds is 4. The van der Waals surface area contributed by atoms with Crippen LogP contribution in [-0.2, 0) is 4.79 Å². The van der Waals surface area contributed by atoms with E-state index >= 15 is 0 Å². The van der Waals surface area contributed by atoms with Gasteiger partial charge in [-0.05, 0) is 48.9 Å². The molecule has 1 aromatic carbocycles. The first-order valence-corrected chi connectivity index (χ1v) is 6.04. The number of carboxylic acids is 1. The van der Waals surface area contributed by atoms with Gasteiger partial charge >= 0.3 is 5.97 Å². The van der Waals surface area contributed by atoms with Crippen molar-refractivity contribution < 1.29 is 14.3 Å². The van der Waals surface area contributed by atoms with Crippen LogP contribution >= 0.6 is 11.6 Å².